The van der Waals surface area contributed by atoms with Crippen molar-refractivity contribution in [3.8, 4) is 23.1 Å². The Labute approximate surface area is 192 Å². The Morgan fingerprint density at radius 3 is 2.69 bits per heavy atom. The topological polar surface area (TPSA) is 103 Å². The van der Waals surface area contributed by atoms with Crippen molar-refractivity contribution >= 4 is 24.0 Å². The molecule has 2 aromatic heterocycles. The molecule has 1 aliphatic heterocycles. The second kappa shape index (κ2) is 10.9. The molecule has 0 amide bonds. The van der Waals surface area contributed by atoms with E-state index in [1.807, 2.05) is 18.2 Å². The van der Waals surface area contributed by atoms with Crippen LogP contribution in [0.3, 0.4) is 0 Å². The maximum absolute atomic E-state index is 12.6. The molecule has 0 aliphatic carbocycles. The van der Waals surface area contributed by atoms with Gasteiger partial charge in [0, 0.05) is 18.2 Å². The first-order valence-corrected chi connectivity index (χ1v) is 10.2. The van der Waals surface area contributed by atoms with Gasteiger partial charge in [-0.1, -0.05) is 6.07 Å². The van der Waals surface area contributed by atoms with Gasteiger partial charge >= 0.3 is 0 Å². The number of alkyl halides is 1. The van der Waals surface area contributed by atoms with Crippen LogP contribution in [0, 0.1) is 11.3 Å². The number of methoxy groups -OCH3 is 1. The van der Waals surface area contributed by atoms with Gasteiger partial charge in [-0.05, 0) is 49.5 Å². The van der Waals surface area contributed by atoms with E-state index in [2.05, 4.69) is 42.5 Å². The van der Waals surface area contributed by atoms with Crippen molar-refractivity contribution in [3.05, 3.63) is 47.9 Å². The lowest BCUT2D eigenvalue weighted by Gasteiger charge is -2.31. The molecule has 0 saturated carbocycles. The number of ether oxygens (including phenoxy) is 1. The molecule has 0 unspecified atom stereocenters. The Bertz CT molecular complexity index is 1060. The van der Waals surface area contributed by atoms with Crippen LogP contribution in [0.1, 0.15) is 30.0 Å². The fourth-order valence-electron chi connectivity index (χ4n) is 3.90. The highest BCUT2D eigenvalue weighted by Gasteiger charge is 2.22. The van der Waals surface area contributed by atoms with E-state index < -0.39 is 0 Å². The normalized spacial score (nSPS) is 14.4. The van der Waals surface area contributed by atoms with Crippen molar-refractivity contribution < 1.29 is 9.13 Å². The predicted octanol–water partition coefficient (Wildman–Crippen LogP) is 4.06. The fourth-order valence-corrected chi connectivity index (χ4v) is 3.90. The van der Waals surface area contributed by atoms with Gasteiger partial charge in [0.25, 0.3) is 0 Å². The molecule has 1 fully saturated rings. The number of anilines is 2. The van der Waals surface area contributed by atoms with Gasteiger partial charge < -0.3 is 15.0 Å². The van der Waals surface area contributed by atoms with Crippen molar-refractivity contribution in [2.24, 2.45) is 0 Å². The third-order valence-corrected chi connectivity index (χ3v) is 5.58. The van der Waals surface area contributed by atoms with Crippen LogP contribution in [0.2, 0.25) is 0 Å². The molecule has 10 heteroatoms. The van der Waals surface area contributed by atoms with Gasteiger partial charge in [0.2, 0.25) is 0 Å². The minimum Gasteiger partial charge on any atom is -0.496 e. The van der Waals surface area contributed by atoms with Crippen LogP contribution in [0.4, 0.5) is 16.0 Å². The zero-order valence-corrected chi connectivity index (χ0v) is 18.5. The summed E-state index contributed by atoms with van der Waals surface area (Å²) in [5.74, 6) is 2.31. The van der Waals surface area contributed by atoms with Crippen LogP contribution in [0.5, 0.6) is 5.75 Å². The van der Waals surface area contributed by atoms with Crippen molar-refractivity contribution in [3.63, 3.8) is 0 Å². The summed E-state index contributed by atoms with van der Waals surface area (Å²) < 4.78 is 18.2. The molecule has 3 heterocycles. The van der Waals surface area contributed by atoms with Crippen LogP contribution >= 0.6 is 12.4 Å². The predicted molar refractivity (Wildman–Crippen MR) is 122 cm³/mol. The minimum atomic E-state index is -0.286. The molecule has 32 heavy (non-hydrogen) atoms. The Morgan fingerprint density at radius 1 is 1.22 bits per heavy atom. The lowest BCUT2D eigenvalue weighted by Crippen LogP contribution is -2.34. The van der Waals surface area contributed by atoms with Crippen LogP contribution in [0.15, 0.2) is 36.7 Å². The first kappa shape index (κ1) is 23.4. The van der Waals surface area contributed by atoms with Gasteiger partial charge in [-0.3, -0.25) is 5.10 Å². The number of nitrogens with one attached hydrogen (secondary N) is 2. The molecule has 168 valence electrons. The summed E-state index contributed by atoms with van der Waals surface area (Å²) in [5, 5.41) is 19.2. The molecule has 1 saturated heterocycles. The number of halogens is 2. The van der Waals surface area contributed by atoms with Gasteiger partial charge in [-0.2, -0.15) is 10.4 Å². The molecule has 3 aromatic rings. The highest BCUT2D eigenvalue weighted by molar-refractivity contribution is 5.85. The van der Waals surface area contributed by atoms with Crippen LogP contribution in [-0.2, 0) is 0 Å². The van der Waals surface area contributed by atoms with Crippen molar-refractivity contribution in [2.75, 3.05) is 38.7 Å². The number of likely N-dealkylation sites (tertiary alicyclic amines) is 1. The highest BCUT2D eigenvalue weighted by Crippen LogP contribution is 2.36. The number of aromatic nitrogens is 4. The van der Waals surface area contributed by atoms with Gasteiger partial charge in [-0.25, -0.2) is 14.4 Å². The standard InChI is InChI=1S/C22H24FN7O.ClH/c1-31-20-10-16(15-4-7-30(8-5-15)9-6-23)2-3-18(20)19-11-21(29-28-19)27-22-14-25-17(12-24)13-26-22;/h2-3,10-11,13-15H,4-9H2,1H3,(H2,26,27,28,29);1H. The first-order valence-electron chi connectivity index (χ1n) is 10.2. The molecule has 1 aromatic carbocycles. The molecule has 1 aliphatic rings. The second-order valence-electron chi connectivity index (χ2n) is 7.46. The molecular weight excluding hydrogens is 433 g/mol. The van der Waals surface area contributed by atoms with Crippen LogP contribution < -0.4 is 10.1 Å². The fraction of sp³-hybridized carbons (Fsp3) is 0.364. The van der Waals surface area contributed by atoms with Crippen LogP contribution in [0.25, 0.3) is 11.3 Å². The Kier molecular flexibility index (Phi) is 7.98. The summed E-state index contributed by atoms with van der Waals surface area (Å²) in [5.41, 5.74) is 3.22. The highest BCUT2D eigenvalue weighted by atomic mass is 35.5. The second-order valence-corrected chi connectivity index (χ2v) is 7.46. The average Bonchev–Trinajstić information content (AvgIpc) is 3.28. The third kappa shape index (κ3) is 5.33. The van der Waals surface area contributed by atoms with Crippen molar-refractivity contribution in [2.45, 2.75) is 18.8 Å². The summed E-state index contributed by atoms with van der Waals surface area (Å²) in [7, 11) is 1.66. The number of nitrogens with zero attached hydrogens (tertiary/aromatic N) is 5. The molecule has 2 N–H and O–H groups in total. The van der Waals surface area contributed by atoms with E-state index >= 15 is 0 Å². The summed E-state index contributed by atoms with van der Waals surface area (Å²) in [6.07, 6.45) is 4.93. The summed E-state index contributed by atoms with van der Waals surface area (Å²) in [6, 6.07) is 10.1. The molecular formula is C22H25ClFN7O. The van der Waals surface area contributed by atoms with E-state index in [-0.39, 0.29) is 24.8 Å². The molecule has 4 rings (SSSR count). The first-order chi connectivity index (χ1) is 15.2. The van der Waals surface area contributed by atoms with E-state index in [1.54, 1.807) is 7.11 Å². The number of piperidine rings is 1. The van der Waals surface area contributed by atoms with E-state index in [0.29, 0.717) is 24.1 Å². The Hall–Kier alpha value is -3.22. The van der Waals surface area contributed by atoms with Gasteiger partial charge in [0.1, 0.15) is 24.3 Å². The van der Waals surface area contributed by atoms with E-state index in [1.165, 1.54) is 18.0 Å². The lowest BCUT2D eigenvalue weighted by atomic mass is 9.88. The molecule has 0 spiro atoms. The number of hydrogen-bond donors (Lipinski definition) is 2. The SMILES string of the molecule is COc1cc(C2CCN(CCF)CC2)ccc1-c1cc(Nc2cnc(C#N)cn2)n[nH]1.Cl. The van der Waals surface area contributed by atoms with Gasteiger partial charge in [0.15, 0.2) is 11.5 Å². The van der Waals surface area contributed by atoms with E-state index in [4.69, 9.17) is 10.00 Å². The number of H-pyrrole nitrogens is 1. The molecule has 0 bridgehead atoms. The minimum absolute atomic E-state index is 0. The number of nitriles is 1. The smallest absolute Gasteiger partial charge is 0.158 e. The number of rotatable bonds is 7. The Morgan fingerprint density at radius 2 is 2.03 bits per heavy atom. The molecule has 0 atom stereocenters. The summed E-state index contributed by atoms with van der Waals surface area (Å²) >= 11 is 0. The summed E-state index contributed by atoms with van der Waals surface area (Å²) in [6.45, 7) is 2.09. The van der Waals surface area contributed by atoms with Crippen molar-refractivity contribution in [1.82, 2.24) is 25.1 Å². The summed E-state index contributed by atoms with van der Waals surface area (Å²) in [4.78, 5) is 10.3. The van der Waals surface area contributed by atoms with Crippen molar-refractivity contribution in [1.29, 1.82) is 5.26 Å². The van der Waals surface area contributed by atoms with Gasteiger partial charge in [0.05, 0.1) is 25.2 Å². The van der Waals surface area contributed by atoms with E-state index in [0.717, 1.165) is 42.9 Å². The lowest BCUT2D eigenvalue weighted by molar-refractivity contribution is 0.197. The number of benzene rings is 1. The third-order valence-electron chi connectivity index (χ3n) is 5.58. The van der Waals surface area contributed by atoms with Gasteiger partial charge in [-0.15, -0.1) is 12.4 Å². The van der Waals surface area contributed by atoms with E-state index in [9.17, 15) is 4.39 Å². The maximum atomic E-state index is 12.6. The number of hydrogen-bond acceptors (Lipinski definition) is 7. The quantitative estimate of drug-likeness (QED) is 0.551. The average molecular weight is 458 g/mol. The largest absolute Gasteiger partial charge is 0.496 e. The molecule has 0 radical (unpaired) electrons. The monoisotopic (exact) mass is 457 g/mol. The number of aromatic amines is 1. The molecule has 8 nitrogen and oxygen atoms in total. The zero-order valence-electron chi connectivity index (χ0n) is 17.7. The van der Waals surface area contributed by atoms with Crippen LogP contribution in [-0.4, -0.2) is 58.5 Å². The maximum Gasteiger partial charge on any atom is 0.158 e. The Balaban J connectivity index is 0.00000289. The zero-order chi connectivity index (χ0) is 21.6.